The average molecular weight is 342 g/mol. The summed E-state index contributed by atoms with van der Waals surface area (Å²) in [4.78, 5) is 35.6. The fourth-order valence-electron chi connectivity index (χ4n) is 1.86. The molecule has 0 saturated carbocycles. The third-order valence-electron chi connectivity index (χ3n) is 2.99. The fraction of sp³-hybridized carbons (Fsp3) is 0.176. The molecular weight excluding hydrogens is 328 g/mol. The second-order valence-electron chi connectivity index (χ2n) is 4.80. The molecule has 24 heavy (non-hydrogen) atoms. The van der Waals surface area contributed by atoms with Gasteiger partial charge in [0.1, 0.15) is 0 Å². The van der Waals surface area contributed by atoms with Crippen LogP contribution in [0.1, 0.15) is 28.1 Å². The highest BCUT2D eigenvalue weighted by Gasteiger charge is 2.12. The van der Waals surface area contributed by atoms with Crippen molar-refractivity contribution >= 4 is 34.7 Å². The molecule has 1 aromatic heterocycles. The lowest BCUT2D eigenvalue weighted by atomic mass is 10.2. The van der Waals surface area contributed by atoms with Gasteiger partial charge < -0.3 is 10.1 Å². The van der Waals surface area contributed by atoms with Crippen molar-refractivity contribution in [1.29, 1.82) is 5.26 Å². The first kappa shape index (κ1) is 17.4. The molecule has 6 nitrogen and oxygen atoms in total. The molecule has 122 valence electrons. The van der Waals surface area contributed by atoms with E-state index in [1.165, 1.54) is 17.4 Å². The van der Waals surface area contributed by atoms with Crippen LogP contribution >= 0.6 is 11.3 Å². The van der Waals surface area contributed by atoms with Crippen LogP contribution in [0.3, 0.4) is 0 Å². The molecule has 0 unspecified atom stereocenters. The molecule has 1 N–H and O–H groups in total. The van der Waals surface area contributed by atoms with Crippen molar-refractivity contribution in [2.24, 2.45) is 0 Å². The number of nitrogens with zero attached hydrogens (tertiary/aromatic N) is 1. The van der Waals surface area contributed by atoms with Gasteiger partial charge in [0.25, 0.3) is 5.91 Å². The van der Waals surface area contributed by atoms with Gasteiger partial charge in [-0.2, -0.15) is 5.26 Å². The largest absolute Gasteiger partial charge is 0.456 e. The highest BCUT2D eigenvalue weighted by Crippen LogP contribution is 2.13. The van der Waals surface area contributed by atoms with Crippen LogP contribution in [0.5, 0.6) is 0 Å². The first-order valence-electron chi connectivity index (χ1n) is 7.11. The van der Waals surface area contributed by atoms with E-state index in [4.69, 9.17) is 10.00 Å². The van der Waals surface area contributed by atoms with Gasteiger partial charge >= 0.3 is 5.97 Å². The summed E-state index contributed by atoms with van der Waals surface area (Å²) < 4.78 is 4.84. The van der Waals surface area contributed by atoms with Gasteiger partial charge in [-0.1, -0.05) is 12.1 Å². The summed E-state index contributed by atoms with van der Waals surface area (Å²) in [6.07, 6.45) is -0.0287. The molecule has 1 heterocycles. The Morgan fingerprint density at radius 2 is 2.00 bits per heavy atom. The maximum atomic E-state index is 11.7. The molecule has 0 saturated heterocycles. The summed E-state index contributed by atoms with van der Waals surface area (Å²) in [7, 11) is 0. The molecular formula is C17H14N2O4S. The topological polar surface area (TPSA) is 96.3 Å². The first-order chi connectivity index (χ1) is 11.6. The van der Waals surface area contributed by atoms with Crippen LogP contribution in [0.25, 0.3) is 0 Å². The van der Waals surface area contributed by atoms with Gasteiger partial charge in [-0.15, -0.1) is 11.3 Å². The third-order valence-corrected chi connectivity index (χ3v) is 3.90. The highest BCUT2D eigenvalue weighted by molar-refractivity contribution is 7.12. The van der Waals surface area contributed by atoms with E-state index in [1.54, 1.807) is 35.7 Å². The highest BCUT2D eigenvalue weighted by atomic mass is 32.1. The summed E-state index contributed by atoms with van der Waals surface area (Å²) in [5.74, 6) is -1.25. The quantitative estimate of drug-likeness (QED) is 0.616. The molecule has 1 aromatic carbocycles. The normalized spacial score (nSPS) is 9.79. The zero-order chi connectivity index (χ0) is 17.4. The van der Waals surface area contributed by atoms with E-state index in [1.807, 2.05) is 6.07 Å². The number of ketones is 1. The Hall–Kier alpha value is -2.98. The monoisotopic (exact) mass is 342 g/mol. The number of ether oxygens (including phenoxy) is 1. The fourth-order valence-corrected chi connectivity index (χ4v) is 2.55. The molecule has 0 fully saturated rings. The van der Waals surface area contributed by atoms with Crippen LogP contribution in [0.15, 0.2) is 41.8 Å². The second kappa shape index (κ2) is 8.60. The van der Waals surface area contributed by atoms with Crippen LogP contribution in [-0.2, 0) is 14.3 Å². The zero-order valence-corrected chi connectivity index (χ0v) is 13.5. The standard InChI is InChI=1S/C17H14N2O4S/c18-10-12-3-1-4-13(9-12)19-16(21)11-23-17(22)7-6-14(20)15-5-2-8-24-15/h1-5,8-9H,6-7,11H2,(H,19,21). The van der Waals surface area contributed by atoms with E-state index in [9.17, 15) is 14.4 Å². The lowest BCUT2D eigenvalue weighted by molar-refractivity contribution is -0.147. The van der Waals surface area contributed by atoms with Gasteiger partial charge in [0.15, 0.2) is 12.4 Å². The first-order valence-corrected chi connectivity index (χ1v) is 7.99. The van der Waals surface area contributed by atoms with Crippen molar-refractivity contribution in [3.63, 3.8) is 0 Å². The number of carbonyl (C=O) groups excluding carboxylic acids is 3. The summed E-state index contributed by atoms with van der Waals surface area (Å²) >= 11 is 1.32. The van der Waals surface area contributed by atoms with Crippen LogP contribution in [0, 0.1) is 11.3 Å². The lowest BCUT2D eigenvalue weighted by Gasteiger charge is -2.06. The van der Waals surface area contributed by atoms with Crippen LogP contribution in [0.2, 0.25) is 0 Å². The number of hydrogen-bond acceptors (Lipinski definition) is 6. The molecule has 0 atom stereocenters. The number of carbonyl (C=O) groups is 3. The van der Waals surface area contributed by atoms with Gasteiger partial charge in [0.2, 0.25) is 0 Å². The summed E-state index contributed by atoms with van der Waals surface area (Å²) in [5, 5.41) is 13.1. The molecule has 2 rings (SSSR count). The van der Waals surface area contributed by atoms with Crippen LogP contribution in [-0.4, -0.2) is 24.3 Å². The number of nitriles is 1. The Kier molecular flexibility index (Phi) is 6.23. The molecule has 2 aromatic rings. The number of amides is 1. The Balaban J connectivity index is 1.72. The van der Waals surface area contributed by atoms with Gasteiger partial charge in [-0.3, -0.25) is 14.4 Å². The minimum Gasteiger partial charge on any atom is -0.456 e. The number of anilines is 1. The number of esters is 1. The number of thiophene rings is 1. The van der Waals surface area contributed by atoms with Crippen molar-refractivity contribution in [3.05, 3.63) is 52.2 Å². The number of benzene rings is 1. The Labute approximate surface area is 142 Å². The van der Waals surface area contributed by atoms with Gasteiger partial charge in [-0.05, 0) is 29.6 Å². The number of rotatable bonds is 7. The van der Waals surface area contributed by atoms with E-state index in [2.05, 4.69) is 5.32 Å². The summed E-state index contributed by atoms with van der Waals surface area (Å²) in [6.45, 7) is -0.442. The average Bonchev–Trinajstić information content (AvgIpc) is 3.12. The zero-order valence-electron chi connectivity index (χ0n) is 12.7. The number of nitrogens with one attached hydrogen (secondary N) is 1. The minimum atomic E-state index is -0.610. The van der Waals surface area contributed by atoms with Gasteiger partial charge in [0.05, 0.1) is 22.9 Å². The van der Waals surface area contributed by atoms with Gasteiger partial charge in [0, 0.05) is 12.1 Å². The third kappa shape index (κ3) is 5.34. The molecule has 0 aliphatic carbocycles. The Morgan fingerprint density at radius 1 is 1.17 bits per heavy atom. The van der Waals surface area contributed by atoms with E-state index >= 15 is 0 Å². The van der Waals surface area contributed by atoms with Crippen molar-refractivity contribution in [2.75, 3.05) is 11.9 Å². The van der Waals surface area contributed by atoms with Crippen molar-refractivity contribution in [3.8, 4) is 6.07 Å². The lowest BCUT2D eigenvalue weighted by Crippen LogP contribution is -2.21. The predicted octanol–water partition coefficient (Wildman–Crippen LogP) is 2.76. The molecule has 0 bridgehead atoms. The van der Waals surface area contributed by atoms with Crippen molar-refractivity contribution < 1.29 is 19.1 Å². The maximum Gasteiger partial charge on any atom is 0.306 e. The van der Waals surface area contributed by atoms with Crippen molar-refractivity contribution in [2.45, 2.75) is 12.8 Å². The predicted molar refractivity (Wildman–Crippen MR) is 88.6 cm³/mol. The Morgan fingerprint density at radius 3 is 2.71 bits per heavy atom. The molecule has 7 heteroatoms. The van der Waals surface area contributed by atoms with E-state index < -0.39 is 18.5 Å². The molecule has 0 aliphatic heterocycles. The molecule has 1 amide bonds. The molecule has 0 spiro atoms. The number of hydrogen-bond donors (Lipinski definition) is 1. The minimum absolute atomic E-state index is 0.0468. The SMILES string of the molecule is N#Cc1cccc(NC(=O)COC(=O)CCC(=O)c2cccs2)c1. The summed E-state index contributed by atoms with van der Waals surface area (Å²) in [5.41, 5.74) is 0.861. The Bertz CT molecular complexity index is 778. The van der Waals surface area contributed by atoms with E-state index in [0.717, 1.165) is 0 Å². The number of Topliss-reactive ketones (excluding diaryl/α,β-unsaturated/α-hetero) is 1. The van der Waals surface area contributed by atoms with Crippen LogP contribution < -0.4 is 5.32 Å². The van der Waals surface area contributed by atoms with Gasteiger partial charge in [-0.25, -0.2) is 0 Å². The maximum absolute atomic E-state index is 11.7. The smallest absolute Gasteiger partial charge is 0.306 e. The van der Waals surface area contributed by atoms with Crippen molar-refractivity contribution in [1.82, 2.24) is 0 Å². The summed E-state index contributed by atoms with van der Waals surface area (Å²) in [6, 6.07) is 11.8. The van der Waals surface area contributed by atoms with Crippen LogP contribution in [0.4, 0.5) is 5.69 Å². The molecule has 0 aliphatic rings. The molecule has 0 radical (unpaired) electrons. The van der Waals surface area contributed by atoms with E-state index in [-0.39, 0.29) is 18.6 Å². The van der Waals surface area contributed by atoms with E-state index in [0.29, 0.717) is 16.1 Å². The second-order valence-corrected chi connectivity index (χ2v) is 5.75.